The van der Waals surface area contributed by atoms with E-state index in [2.05, 4.69) is 19.8 Å². The van der Waals surface area contributed by atoms with Gasteiger partial charge in [-0.1, -0.05) is 6.07 Å². The molecule has 24 heavy (non-hydrogen) atoms. The first-order valence-corrected chi connectivity index (χ1v) is 8.21. The van der Waals surface area contributed by atoms with E-state index >= 15 is 0 Å². The number of nitrogens with zero attached hydrogens (tertiary/aromatic N) is 5. The maximum atomic E-state index is 12.7. The van der Waals surface area contributed by atoms with Crippen LogP contribution in [0.2, 0.25) is 0 Å². The lowest BCUT2D eigenvalue weighted by Crippen LogP contribution is -2.17. The number of non-ortho nitro benzene ring substituents is 1. The van der Waals surface area contributed by atoms with E-state index in [-0.39, 0.29) is 22.2 Å². The molecule has 10 nitrogen and oxygen atoms in total. The molecule has 0 fully saturated rings. The summed E-state index contributed by atoms with van der Waals surface area (Å²) >= 11 is 0. The van der Waals surface area contributed by atoms with Gasteiger partial charge in [-0.05, 0) is 19.4 Å². The molecule has 0 spiro atoms. The molecule has 0 saturated heterocycles. The van der Waals surface area contributed by atoms with E-state index < -0.39 is 14.9 Å². The second-order valence-electron chi connectivity index (χ2n) is 5.07. The molecule has 3 rings (SSSR count). The van der Waals surface area contributed by atoms with Gasteiger partial charge in [0.05, 0.1) is 9.82 Å². The summed E-state index contributed by atoms with van der Waals surface area (Å²) in [5, 5.41) is 14.8. The van der Waals surface area contributed by atoms with Gasteiger partial charge in [-0.3, -0.25) is 14.8 Å². The molecule has 0 unspecified atom stereocenters. The molecule has 0 radical (unpaired) electrons. The van der Waals surface area contributed by atoms with Gasteiger partial charge in [0.15, 0.2) is 0 Å². The molecule has 1 aromatic carbocycles. The first-order valence-electron chi connectivity index (χ1n) is 6.73. The number of aromatic nitrogens is 4. The average Bonchev–Trinajstić information content (AvgIpc) is 2.95. The first-order chi connectivity index (χ1) is 11.3. The smallest absolute Gasteiger partial charge is 0.263 e. The number of hydrogen-bond donors (Lipinski definition) is 1. The van der Waals surface area contributed by atoms with Crippen molar-refractivity contribution in [3.05, 3.63) is 52.0 Å². The second-order valence-corrected chi connectivity index (χ2v) is 6.72. The van der Waals surface area contributed by atoms with Crippen LogP contribution < -0.4 is 4.72 Å². The quantitative estimate of drug-likeness (QED) is 0.557. The maximum Gasteiger partial charge on any atom is 0.270 e. The van der Waals surface area contributed by atoms with Crippen molar-refractivity contribution in [3.8, 4) is 0 Å². The Morgan fingerprint density at radius 1 is 1.25 bits per heavy atom. The van der Waals surface area contributed by atoms with Crippen molar-refractivity contribution in [1.29, 1.82) is 0 Å². The summed E-state index contributed by atoms with van der Waals surface area (Å²) in [5.41, 5.74) is 0.621. The lowest BCUT2D eigenvalue weighted by Gasteiger charge is -2.11. The van der Waals surface area contributed by atoms with Crippen LogP contribution in [0.5, 0.6) is 0 Å². The molecule has 2 aromatic heterocycles. The van der Waals surface area contributed by atoms with Crippen LogP contribution in [-0.2, 0) is 10.0 Å². The number of aryl methyl sites for hydroxylation is 2. The van der Waals surface area contributed by atoms with Crippen LogP contribution in [0.1, 0.15) is 11.3 Å². The Hall–Kier alpha value is -3.08. The normalized spacial score (nSPS) is 11.6. The zero-order valence-electron chi connectivity index (χ0n) is 12.7. The largest absolute Gasteiger partial charge is 0.270 e. The standard InChI is InChI=1S/C13H12N6O4S/c1-8-3-4-10(19(20)21)6-11(8)24(22,23)17-12-5-9(2)16-13-14-7-15-18(12)13/h3-7,17H,1-2H3. The van der Waals surface area contributed by atoms with Gasteiger partial charge in [0, 0.05) is 23.9 Å². The minimum absolute atomic E-state index is 0.140. The second kappa shape index (κ2) is 5.53. The van der Waals surface area contributed by atoms with E-state index in [0.717, 1.165) is 6.07 Å². The van der Waals surface area contributed by atoms with Gasteiger partial charge in [-0.15, -0.1) is 0 Å². The summed E-state index contributed by atoms with van der Waals surface area (Å²) in [7, 11) is -4.06. The van der Waals surface area contributed by atoms with Gasteiger partial charge in [0.1, 0.15) is 12.1 Å². The van der Waals surface area contributed by atoms with Gasteiger partial charge in [-0.2, -0.15) is 14.6 Å². The molecular weight excluding hydrogens is 336 g/mol. The lowest BCUT2D eigenvalue weighted by atomic mass is 10.2. The van der Waals surface area contributed by atoms with Crippen molar-refractivity contribution < 1.29 is 13.3 Å². The SMILES string of the molecule is Cc1cc(NS(=O)(=O)c2cc([N+](=O)[O-])ccc2C)n2ncnc2n1. The fourth-order valence-electron chi connectivity index (χ4n) is 2.19. The summed E-state index contributed by atoms with van der Waals surface area (Å²) in [4.78, 5) is 18.1. The third-order valence-electron chi connectivity index (χ3n) is 3.29. The van der Waals surface area contributed by atoms with Crippen LogP contribution in [-0.4, -0.2) is 32.9 Å². The molecule has 2 heterocycles. The lowest BCUT2D eigenvalue weighted by molar-refractivity contribution is -0.385. The Balaban J connectivity index is 2.10. The molecule has 0 atom stereocenters. The van der Waals surface area contributed by atoms with Crippen molar-refractivity contribution in [2.24, 2.45) is 0 Å². The summed E-state index contributed by atoms with van der Waals surface area (Å²) in [6.07, 6.45) is 1.25. The van der Waals surface area contributed by atoms with Gasteiger partial charge in [0.25, 0.3) is 21.5 Å². The van der Waals surface area contributed by atoms with E-state index in [1.807, 2.05) is 0 Å². The van der Waals surface area contributed by atoms with Gasteiger partial charge in [-0.25, -0.2) is 13.4 Å². The molecule has 11 heteroatoms. The third kappa shape index (κ3) is 2.76. The number of nitrogens with one attached hydrogen (secondary N) is 1. The summed E-state index contributed by atoms with van der Waals surface area (Å²) in [6, 6.07) is 5.15. The number of hydrogen-bond acceptors (Lipinski definition) is 7. The Labute approximate surface area is 136 Å². The number of nitro benzene ring substituents is 1. The molecule has 0 aliphatic heterocycles. The zero-order chi connectivity index (χ0) is 17.5. The fourth-order valence-corrected chi connectivity index (χ4v) is 3.49. The molecule has 0 amide bonds. The van der Waals surface area contributed by atoms with E-state index in [1.54, 1.807) is 13.8 Å². The predicted molar refractivity (Wildman–Crippen MR) is 84.2 cm³/mol. The van der Waals surface area contributed by atoms with Crippen molar-refractivity contribution >= 4 is 27.3 Å². The highest BCUT2D eigenvalue weighted by Crippen LogP contribution is 2.24. The maximum absolute atomic E-state index is 12.7. The Bertz CT molecular complexity index is 1060. The van der Waals surface area contributed by atoms with E-state index in [1.165, 1.54) is 29.0 Å². The van der Waals surface area contributed by atoms with E-state index in [4.69, 9.17) is 0 Å². The summed E-state index contributed by atoms with van der Waals surface area (Å²) in [5.74, 6) is 0.379. The van der Waals surface area contributed by atoms with Crippen molar-refractivity contribution in [3.63, 3.8) is 0 Å². The van der Waals surface area contributed by atoms with Gasteiger partial charge in [0.2, 0.25) is 0 Å². The molecule has 0 saturated carbocycles. The van der Waals surface area contributed by atoms with Crippen LogP contribution in [0.15, 0.2) is 35.5 Å². The Morgan fingerprint density at radius 3 is 2.71 bits per heavy atom. The molecule has 0 aliphatic rings. The molecule has 0 bridgehead atoms. The highest BCUT2D eigenvalue weighted by atomic mass is 32.2. The summed E-state index contributed by atoms with van der Waals surface area (Å²) in [6.45, 7) is 3.24. The number of anilines is 1. The van der Waals surface area contributed by atoms with Crippen LogP contribution in [0.25, 0.3) is 5.78 Å². The highest BCUT2D eigenvalue weighted by molar-refractivity contribution is 7.92. The minimum Gasteiger partial charge on any atom is -0.263 e. The average molecular weight is 348 g/mol. The number of nitro groups is 1. The van der Waals surface area contributed by atoms with Crippen molar-refractivity contribution in [1.82, 2.24) is 19.6 Å². The van der Waals surface area contributed by atoms with Gasteiger partial charge >= 0.3 is 0 Å². The third-order valence-corrected chi connectivity index (χ3v) is 4.79. The first kappa shape index (κ1) is 15.8. The molecular formula is C13H12N6O4S. The fraction of sp³-hybridized carbons (Fsp3) is 0.154. The van der Waals surface area contributed by atoms with Gasteiger partial charge < -0.3 is 0 Å². The van der Waals surface area contributed by atoms with E-state index in [9.17, 15) is 18.5 Å². The monoisotopic (exact) mass is 348 g/mol. The molecule has 124 valence electrons. The number of benzene rings is 1. The van der Waals surface area contributed by atoms with Crippen LogP contribution in [0.3, 0.4) is 0 Å². The number of rotatable bonds is 4. The number of fused-ring (bicyclic) bond motifs is 1. The van der Waals surface area contributed by atoms with Crippen molar-refractivity contribution in [2.45, 2.75) is 18.7 Å². The topological polar surface area (TPSA) is 132 Å². The van der Waals surface area contributed by atoms with E-state index in [0.29, 0.717) is 11.3 Å². The molecule has 1 N–H and O–H groups in total. The van der Waals surface area contributed by atoms with Crippen LogP contribution >= 0.6 is 0 Å². The summed E-state index contributed by atoms with van der Waals surface area (Å²) < 4.78 is 28.9. The zero-order valence-corrected chi connectivity index (χ0v) is 13.5. The minimum atomic E-state index is -4.06. The predicted octanol–water partition coefficient (Wildman–Crippen LogP) is 1.45. The Kier molecular flexibility index (Phi) is 3.64. The molecule has 0 aliphatic carbocycles. The van der Waals surface area contributed by atoms with Crippen LogP contribution in [0, 0.1) is 24.0 Å². The van der Waals surface area contributed by atoms with Crippen molar-refractivity contribution in [2.75, 3.05) is 4.72 Å². The molecule has 3 aromatic rings. The number of sulfonamides is 1. The highest BCUT2D eigenvalue weighted by Gasteiger charge is 2.22. The van der Waals surface area contributed by atoms with Crippen LogP contribution in [0.4, 0.5) is 11.5 Å². The Morgan fingerprint density at radius 2 is 2.00 bits per heavy atom.